The zero-order valence-electron chi connectivity index (χ0n) is 9.68. The summed E-state index contributed by atoms with van der Waals surface area (Å²) in [5.41, 5.74) is 2.19. The lowest BCUT2D eigenvalue weighted by molar-refractivity contribution is -0.131. The number of aromatic nitrogens is 1. The molecule has 1 aromatic carbocycles. The van der Waals surface area contributed by atoms with Crippen molar-refractivity contribution in [3.63, 3.8) is 0 Å². The summed E-state index contributed by atoms with van der Waals surface area (Å²) in [5.74, 6) is -0.466. The van der Waals surface area contributed by atoms with Crippen LogP contribution in [-0.2, 0) is 4.79 Å². The van der Waals surface area contributed by atoms with E-state index in [4.69, 9.17) is 5.11 Å². The van der Waals surface area contributed by atoms with Gasteiger partial charge in [0, 0.05) is 6.08 Å². The van der Waals surface area contributed by atoms with Crippen molar-refractivity contribution in [2.24, 2.45) is 0 Å². The van der Waals surface area contributed by atoms with E-state index in [2.05, 4.69) is 31.0 Å². The fraction of sp³-hybridized carbons (Fsp3) is 0.231. The highest BCUT2D eigenvalue weighted by atomic mass is 32.1. The van der Waals surface area contributed by atoms with Crippen LogP contribution in [0.2, 0.25) is 0 Å². The van der Waals surface area contributed by atoms with Gasteiger partial charge in [-0.1, -0.05) is 19.9 Å². The Morgan fingerprint density at radius 3 is 2.88 bits per heavy atom. The van der Waals surface area contributed by atoms with E-state index < -0.39 is 5.97 Å². The average molecular weight is 247 g/mol. The number of hydrogen-bond acceptors (Lipinski definition) is 3. The predicted octanol–water partition coefficient (Wildman–Crippen LogP) is 3.52. The van der Waals surface area contributed by atoms with E-state index in [0.29, 0.717) is 5.92 Å². The Bertz CT molecular complexity index is 584. The topological polar surface area (TPSA) is 50.2 Å². The lowest BCUT2D eigenvalue weighted by atomic mass is 10.0. The molecule has 0 amide bonds. The van der Waals surface area contributed by atoms with Crippen LogP contribution in [0.15, 0.2) is 24.3 Å². The lowest BCUT2D eigenvalue weighted by Gasteiger charge is -2.03. The van der Waals surface area contributed by atoms with Crippen molar-refractivity contribution in [2.45, 2.75) is 19.8 Å². The van der Waals surface area contributed by atoms with E-state index in [1.807, 2.05) is 6.07 Å². The fourth-order valence-corrected chi connectivity index (χ4v) is 2.45. The Morgan fingerprint density at radius 1 is 1.47 bits per heavy atom. The van der Waals surface area contributed by atoms with Crippen molar-refractivity contribution in [1.29, 1.82) is 0 Å². The highest BCUT2D eigenvalue weighted by Crippen LogP contribution is 2.26. The van der Waals surface area contributed by atoms with Crippen LogP contribution < -0.4 is 0 Å². The van der Waals surface area contributed by atoms with Crippen LogP contribution in [-0.4, -0.2) is 16.1 Å². The van der Waals surface area contributed by atoms with Crippen molar-refractivity contribution in [3.8, 4) is 0 Å². The minimum atomic E-state index is -0.952. The van der Waals surface area contributed by atoms with Crippen LogP contribution in [0.3, 0.4) is 0 Å². The summed E-state index contributed by atoms with van der Waals surface area (Å²) >= 11 is 1.51. The molecule has 2 rings (SSSR count). The minimum absolute atomic E-state index is 0.486. The summed E-state index contributed by atoms with van der Waals surface area (Å²) in [5, 5.41) is 9.28. The standard InChI is InChI=1S/C13H13NO2S/c1-8(2)9-3-4-10-11(7-9)17-12(14-10)5-6-13(15)16/h3-8H,1-2H3,(H,15,16)/b6-5+. The first-order valence-corrected chi connectivity index (χ1v) is 6.19. The molecule has 4 heteroatoms. The van der Waals surface area contributed by atoms with Crippen LogP contribution in [0, 0.1) is 0 Å². The van der Waals surface area contributed by atoms with Crippen molar-refractivity contribution >= 4 is 33.6 Å². The number of carboxylic acid groups (broad SMARTS) is 1. The van der Waals surface area contributed by atoms with Crippen LogP contribution in [0.1, 0.15) is 30.3 Å². The molecule has 0 unspecified atom stereocenters. The zero-order valence-corrected chi connectivity index (χ0v) is 10.5. The first kappa shape index (κ1) is 11.8. The summed E-state index contributed by atoms with van der Waals surface area (Å²) in [6.07, 6.45) is 2.64. The number of benzene rings is 1. The summed E-state index contributed by atoms with van der Waals surface area (Å²) in [7, 11) is 0. The molecule has 0 fully saturated rings. The molecule has 0 atom stereocenters. The second-order valence-electron chi connectivity index (χ2n) is 4.11. The molecule has 0 aliphatic carbocycles. The summed E-state index contributed by atoms with van der Waals surface area (Å²) < 4.78 is 1.10. The molecule has 1 aromatic heterocycles. The molecule has 1 N–H and O–H groups in total. The van der Waals surface area contributed by atoms with Gasteiger partial charge < -0.3 is 5.11 Å². The molecule has 0 bridgehead atoms. The Balaban J connectivity index is 2.40. The molecule has 17 heavy (non-hydrogen) atoms. The molecular formula is C13H13NO2S. The number of rotatable bonds is 3. The van der Waals surface area contributed by atoms with E-state index in [0.717, 1.165) is 21.3 Å². The van der Waals surface area contributed by atoms with Gasteiger partial charge in [0.2, 0.25) is 0 Å². The van der Waals surface area contributed by atoms with Gasteiger partial charge in [-0.05, 0) is 29.7 Å². The van der Waals surface area contributed by atoms with Gasteiger partial charge in [-0.2, -0.15) is 0 Å². The Morgan fingerprint density at radius 2 is 2.24 bits per heavy atom. The van der Waals surface area contributed by atoms with Crippen molar-refractivity contribution in [3.05, 3.63) is 34.8 Å². The highest BCUT2D eigenvalue weighted by Gasteiger charge is 2.05. The number of carbonyl (C=O) groups is 1. The SMILES string of the molecule is CC(C)c1ccc2nc(/C=C/C(=O)O)sc2c1. The maximum Gasteiger partial charge on any atom is 0.328 e. The molecule has 0 aliphatic heterocycles. The van der Waals surface area contributed by atoms with E-state index in [1.165, 1.54) is 23.0 Å². The number of nitrogens with zero attached hydrogens (tertiary/aromatic N) is 1. The van der Waals surface area contributed by atoms with Gasteiger partial charge in [0.1, 0.15) is 5.01 Å². The average Bonchev–Trinajstić information content (AvgIpc) is 2.67. The second kappa shape index (κ2) is 4.67. The van der Waals surface area contributed by atoms with Gasteiger partial charge in [-0.25, -0.2) is 9.78 Å². The quantitative estimate of drug-likeness (QED) is 0.844. The van der Waals surface area contributed by atoms with Gasteiger partial charge in [-0.3, -0.25) is 0 Å². The fourth-order valence-electron chi connectivity index (χ4n) is 1.53. The van der Waals surface area contributed by atoms with Gasteiger partial charge in [0.05, 0.1) is 10.2 Å². The smallest absolute Gasteiger partial charge is 0.328 e. The molecule has 0 saturated heterocycles. The van der Waals surface area contributed by atoms with Crippen LogP contribution in [0.5, 0.6) is 0 Å². The number of hydrogen-bond donors (Lipinski definition) is 1. The highest BCUT2D eigenvalue weighted by molar-refractivity contribution is 7.19. The molecular weight excluding hydrogens is 234 g/mol. The van der Waals surface area contributed by atoms with Gasteiger partial charge in [-0.15, -0.1) is 11.3 Å². The number of fused-ring (bicyclic) bond motifs is 1. The van der Waals surface area contributed by atoms with E-state index in [-0.39, 0.29) is 0 Å². The number of carboxylic acids is 1. The van der Waals surface area contributed by atoms with Gasteiger partial charge in [0.15, 0.2) is 0 Å². The summed E-state index contributed by atoms with van der Waals surface area (Å²) in [6, 6.07) is 6.17. The van der Waals surface area contributed by atoms with E-state index in [1.54, 1.807) is 0 Å². The molecule has 0 aliphatic rings. The maximum atomic E-state index is 10.4. The maximum absolute atomic E-state index is 10.4. The molecule has 88 valence electrons. The third-order valence-corrected chi connectivity index (χ3v) is 3.45. The molecule has 3 nitrogen and oxygen atoms in total. The lowest BCUT2D eigenvalue weighted by Crippen LogP contribution is -1.85. The van der Waals surface area contributed by atoms with Crippen LogP contribution in [0.25, 0.3) is 16.3 Å². The van der Waals surface area contributed by atoms with Crippen LogP contribution >= 0.6 is 11.3 Å². The largest absolute Gasteiger partial charge is 0.478 e. The minimum Gasteiger partial charge on any atom is -0.478 e. The van der Waals surface area contributed by atoms with E-state index >= 15 is 0 Å². The number of aliphatic carboxylic acids is 1. The second-order valence-corrected chi connectivity index (χ2v) is 5.17. The third-order valence-electron chi connectivity index (χ3n) is 2.46. The Kier molecular flexibility index (Phi) is 3.24. The molecule has 2 aromatic rings. The number of thiazole rings is 1. The first-order chi connectivity index (χ1) is 8.06. The zero-order chi connectivity index (χ0) is 12.4. The molecule has 0 saturated carbocycles. The van der Waals surface area contributed by atoms with Crippen molar-refractivity contribution in [2.75, 3.05) is 0 Å². The van der Waals surface area contributed by atoms with Crippen molar-refractivity contribution in [1.82, 2.24) is 4.98 Å². The van der Waals surface area contributed by atoms with Crippen molar-refractivity contribution < 1.29 is 9.90 Å². The monoisotopic (exact) mass is 247 g/mol. The normalized spacial score (nSPS) is 11.7. The molecule has 0 spiro atoms. The summed E-state index contributed by atoms with van der Waals surface area (Å²) in [4.78, 5) is 14.8. The van der Waals surface area contributed by atoms with Gasteiger partial charge in [0.25, 0.3) is 0 Å². The Hall–Kier alpha value is -1.68. The first-order valence-electron chi connectivity index (χ1n) is 5.38. The Labute approximate surface area is 103 Å². The molecule has 0 radical (unpaired) electrons. The van der Waals surface area contributed by atoms with E-state index in [9.17, 15) is 4.79 Å². The predicted molar refractivity (Wildman–Crippen MR) is 70.4 cm³/mol. The van der Waals surface area contributed by atoms with Crippen LogP contribution in [0.4, 0.5) is 0 Å². The molecule has 1 heterocycles. The summed E-state index contributed by atoms with van der Waals surface area (Å²) in [6.45, 7) is 4.29. The van der Waals surface area contributed by atoms with Gasteiger partial charge >= 0.3 is 5.97 Å². The third kappa shape index (κ3) is 2.71.